The molecule has 2 unspecified atom stereocenters. The lowest BCUT2D eigenvalue weighted by Gasteiger charge is -2.19. The van der Waals surface area contributed by atoms with Gasteiger partial charge in [-0.3, -0.25) is 4.79 Å². The van der Waals surface area contributed by atoms with E-state index in [-0.39, 0.29) is 5.56 Å². The second-order valence-corrected chi connectivity index (χ2v) is 3.70. The predicted molar refractivity (Wildman–Crippen MR) is 57.4 cm³/mol. The molecule has 0 saturated heterocycles. The van der Waals surface area contributed by atoms with Crippen LogP contribution in [0.15, 0.2) is 24.3 Å². The second kappa shape index (κ2) is 5.61. The largest absolute Gasteiger partial charge is 0.481 e. The van der Waals surface area contributed by atoms with E-state index in [9.17, 15) is 14.3 Å². The van der Waals surface area contributed by atoms with Crippen molar-refractivity contribution in [1.82, 2.24) is 0 Å². The molecular weight excluding hydrogens is 211 g/mol. The van der Waals surface area contributed by atoms with Crippen molar-refractivity contribution in [3.8, 4) is 0 Å². The van der Waals surface area contributed by atoms with E-state index in [1.807, 2.05) is 6.92 Å². The summed E-state index contributed by atoms with van der Waals surface area (Å²) >= 11 is 0. The van der Waals surface area contributed by atoms with Gasteiger partial charge >= 0.3 is 5.97 Å². The Morgan fingerprint density at radius 2 is 2.06 bits per heavy atom. The molecule has 1 aromatic rings. The first-order valence-electron chi connectivity index (χ1n) is 5.23. The molecular formula is C12H15FO3. The summed E-state index contributed by atoms with van der Waals surface area (Å²) in [5.74, 6) is -2.63. The van der Waals surface area contributed by atoms with Gasteiger partial charge in [0.1, 0.15) is 5.82 Å². The molecule has 0 heterocycles. The Hall–Kier alpha value is -1.42. The smallest absolute Gasteiger partial charge is 0.309 e. The van der Waals surface area contributed by atoms with Crippen LogP contribution < -0.4 is 0 Å². The second-order valence-electron chi connectivity index (χ2n) is 3.70. The molecule has 16 heavy (non-hydrogen) atoms. The van der Waals surface area contributed by atoms with Crippen molar-refractivity contribution in [2.24, 2.45) is 5.92 Å². The maximum absolute atomic E-state index is 13.4. The maximum Gasteiger partial charge on any atom is 0.309 e. The van der Waals surface area contributed by atoms with Gasteiger partial charge in [0.05, 0.1) is 12.0 Å². The van der Waals surface area contributed by atoms with E-state index in [1.165, 1.54) is 18.2 Å². The van der Waals surface area contributed by atoms with E-state index in [0.29, 0.717) is 12.8 Å². The van der Waals surface area contributed by atoms with E-state index in [2.05, 4.69) is 0 Å². The Kier molecular flexibility index (Phi) is 4.43. The summed E-state index contributed by atoms with van der Waals surface area (Å²) in [6, 6.07) is 5.70. The van der Waals surface area contributed by atoms with E-state index in [4.69, 9.17) is 5.11 Å². The number of aliphatic carboxylic acids is 1. The third kappa shape index (κ3) is 2.79. The Bertz CT molecular complexity index is 365. The molecule has 0 aliphatic rings. The molecule has 0 aliphatic carbocycles. The third-order valence-electron chi connectivity index (χ3n) is 2.52. The van der Waals surface area contributed by atoms with Crippen LogP contribution in [0.1, 0.15) is 31.4 Å². The normalized spacial score (nSPS) is 14.4. The number of aliphatic hydroxyl groups excluding tert-OH is 1. The zero-order valence-corrected chi connectivity index (χ0v) is 9.06. The van der Waals surface area contributed by atoms with Gasteiger partial charge in [-0.05, 0) is 12.5 Å². The molecule has 0 spiro atoms. The quantitative estimate of drug-likeness (QED) is 0.810. The Balaban J connectivity index is 2.94. The number of hydrogen-bond donors (Lipinski definition) is 2. The van der Waals surface area contributed by atoms with Crippen LogP contribution in [0, 0.1) is 11.7 Å². The number of aliphatic hydroxyl groups is 1. The van der Waals surface area contributed by atoms with E-state index in [0.717, 1.165) is 0 Å². The first-order valence-corrected chi connectivity index (χ1v) is 5.23. The molecule has 0 aromatic heterocycles. The molecule has 88 valence electrons. The summed E-state index contributed by atoms with van der Waals surface area (Å²) in [6.07, 6.45) is -0.341. The standard InChI is InChI=1S/C12H15FO3/c1-2-5-9(12(15)16)11(14)8-6-3-4-7-10(8)13/h3-4,6-7,9,11,14H,2,5H2,1H3,(H,15,16). The van der Waals surface area contributed by atoms with Gasteiger partial charge in [0, 0.05) is 5.56 Å². The van der Waals surface area contributed by atoms with Gasteiger partial charge in [-0.15, -0.1) is 0 Å². The van der Waals surface area contributed by atoms with Crippen LogP contribution in [0.2, 0.25) is 0 Å². The van der Waals surface area contributed by atoms with Crippen molar-refractivity contribution >= 4 is 5.97 Å². The summed E-state index contributed by atoms with van der Waals surface area (Å²) in [4.78, 5) is 10.9. The average molecular weight is 226 g/mol. The minimum absolute atomic E-state index is 0.0448. The van der Waals surface area contributed by atoms with Gasteiger partial charge in [-0.2, -0.15) is 0 Å². The van der Waals surface area contributed by atoms with Crippen LogP contribution in [0.5, 0.6) is 0 Å². The SMILES string of the molecule is CCCC(C(=O)O)C(O)c1ccccc1F. The van der Waals surface area contributed by atoms with Crippen LogP contribution in [0.25, 0.3) is 0 Å². The maximum atomic E-state index is 13.4. The molecule has 0 bridgehead atoms. The van der Waals surface area contributed by atoms with Crippen molar-refractivity contribution in [2.45, 2.75) is 25.9 Å². The minimum Gasteiger partial charge on any atom is -0.481 e. The molecule has 1 aromatic carbocycles. The van der Waals surface area contributed by atoms with Gasteiger partial charge in [-0.1, -0.05) is 31.5 Å². The Labute approximate surface area is 93.5 Å². The van der Waals surface area contributed by atoms with Gasteiger partial charge in [0.2, 0.25) is 0 Å². The molecule has 0 amide bonds. The first-order chi connectivity index (χ1) is 7.57. The fraction of sp³-hybridized carbons (Fsp3) is 0.417. The van der Waals surface area contributed by atoms with Crippen molar-refractivity contribution in [3.05, 3.63) is 35.6 Å². The first kappa shape index (κ1) is 12.6. The fourth-order valence-electron chi connectivity index (χ4n) is 1.66. The van der Waals surface area contributed by atoms with Crippen LogP contribution in [0.4, 0.5) is 4.39 Å². The number of rotatable bonds is 5. The highest BCUT2D eigenvalue weighted by atomic mass is 19.1. The zero-order valence-electron chi connectivity index (χ0n) is 9.06. The Morgan fingerprint density at radius 3 is 2.56 bits per heavy atom. The van der Waals surface area contributed by atoms with Crippen molar-refractivity contribution in [1.29, 1.82) is 0 Å². The summed E-state index contributed by atoms with van der Waals surface area (Å²) in [5.41, 5.74) is 0.0448. The summed E-state index contributed by atoms with van der Waals surface area (Å²) in [6.45, 7) is 1.82. The third-order valence-corrected chi connectivity index (χ3v) is 2.52. The number of hydrogen-bond acceptors (Lipinski definition) is 2. The molecule has 0 radical (unpaired) electrons. The zero-order chi connectivity index (χ0) is 12.1. The molecule has 2 N–H and O–H groups in total. The lowest BCUT2D eigenvalue weighted by Crippen LogP contribution is -2.22. The lowest BCUT2D eigenvalue weighted by molar-refractivity contribution is -0.146. The van der Waals surface area contributed by atoms with Crippen LogP contribution >= 0.6 is 0 Å². The Morgan fingerprint density at radius 1 is 1.44 bits per heavy atom. The number of benzene rings is 1. The molecule has 0 aliphatic heterocycles. The monoisotopic (exact) mass is 226 g/mol. The lowest BCUT2D eigenvalue weighted by atomic mass is 9.92. The molecule has 2 atom stereocenters. The highest BCUT2D eigenvalue weighted by Crippen LogP contribution is 2.27. The van der Waals surface area contributed by atoms with Gasteiger partial charge in [0.15, 0.2) is 0 Å². The molecule has 4 heteroatoms. The van der Waals surface area contributed by atoms with Gasteiger partial charge in [-0.25, -0.2) is 4.39 Å². The summed E-state index contributed by atoms with van der Waals surface area (Å²) in [7, 11) is 0. The molecule has 0 fully saturated rings. The molecule has 1 rings (SSSR count). The highest BCUT2D eigenvalue weighted by Gasteiger charge is 2.28. The van der Waals surface area contributed by atoms with Crippen molar-refractivity contribution in [3.63, 3.8) is 0 Å². The van der Waals surface area contributed by atoms with E-state index in [1.54, 1.807) is 6.07 Å². The fourth-order valence-corrected chi connectivity index (χ4v) is 1.66. The van der Waals surface area contributed by atoms with Crippen molar-refractivity contribution in [2.75, 3.05) is 0 Å². The van der Waals surface area contributed by atoms with E-state index < -0.39 is 23.8 Å². The van der Waals surface area contributed by atoms with Crippen LogP contribution in [-0.2, 0) is 4.79 Å². The number of carboxylic acids is 1. The molecule has 3 nitrogen and oxygen atoms in total. The van der Waals surface area contributed by atoms with Crippen molar-refractivity contribution < 1.29 is 19.4 Å². The van der Waals surface area contributed by atoms with Gasteiger partial charge < -0.3 is 10.2 Å². The topological polar surface area (TPSA) is 57.5 Å². The van der Waals surface area contributed by atoms with E-state index >= 15 is 0 Å². The number of carboxylic acid groups (broad SMARTS) is 1. The summed E-state index contributed by atoms with van der Waals surface area (Å²) in [5, 5.41) is 18.8. The van der Waals surface area contributed by atoms with Crippen LogP contribution in [-0.4, -0.2) is 16.2 Å². The number of halogens is 1. The predicted octanol–water partition coefficient (Wildman–Crippen LogP) is 2.36. The number of carbonyl (C=O) groups is 1. The summed E-state index contributed by atoms with van der Waals surface area (Å²) < 4.78 is 13.4. The average Bonchev–Trinajstić information content (AvgIpc) is 2.25. The van der Waals surface area contributed by atoms with Gasteiger partial charge in [0.25, 0.3) is 0 Å². The van der Waals surface area contributed by atoms with Crippen LogP contribution in [0.3, 0.4) is 0 Å². The molecule has 0 saturated carbocycles. The minimum atomic E-state index is -1.29. The highest BCUT2D eigenvalue weighted by molar-refractivity contribution is 5.71.